The van der Waals surface area contributed by atoms with Crippen LogP contribution in [-0.4, -0.2) is 10.1 Å². The summed E-state index contributed by atoms with van der Waals surface area (Å²) in [6, 6.07) is 7.93. The minimum atomic E-state index is -0.414. The van der Waals surface area contributed by atoms with Crippen molar-refractivity contribution in [3.05, 3.63) is 40.9 Å². The molecule has 1 aromatic carbocycles. The second-order valence-corrected chi connectivity index (χ2v) is 4.89. The lowest BCUT2D eigenvalue weighted by Crippen LogP contribution is -1.84. The van der Waals surface area contributed by atoms with E-state index in [2.05, 4.69) is 4.98 Å². The van der Waals surface area contributed by atoms with E-state index in [1.807, 2.05) is 29.6 Å². The summed E-state index contributed by atoms with van der Waals surface area (Å²) in [5, 5.41) is 11.5. The zero-order valence-corrected chi connectivity index (χ0v) is 10.1. The highest BCUT2D eigenvalue weighted by atomic mass is 32.1. The van der Waals surface area contributed by atoms with Gasteiger partial charge in [0.15, 0.2) is 12.0 Å². The first-order valence-electron chi connectivity index (χ1n) is 5.34. The van der Waals surface area contributed by atoms with Gasteiger partial charge in [0.2, 0.25) is 0 Å². The highest BCUT2D eigenvalue weighted by Gasteiger charge is 2.08. The predicted octanol–water partition coefficient (Wildman–Crippen LogP) is 3.61. The number of rotatable bonds is 2. The summed E-state index contributed by atoms with van der Waals surface area (Å²) >= 11 is 1.56. The maximum Gasteiger partial charge on any atom is 0.181 e. The van der Waals surface area contributed by atoms with Gasteiger partial charge in [-0.15, -0.1) is 11.3 Å². The molecule has 0 bridgehead atoms. The highest BCUT2D eigenvalue weighted by molar-refractivity contribution is 7.10. The molecule has 0 spiro atoms. The minimum Gasteiger partial charge on any atom is -0.443 e. The van der Waals surface area contributed by atoms with Crippen LogP contribution in [0.2, 0.25) is 0 Å². The maximum absolute atomic E-state index is 9.50. The Kier molecular flexibility index (Phi) is 2.46. The van der Waals surface area contributed by atoms with Crippen molar-refractivity contribution in [2.75, 3.05) is 0 Å². The van der Waals surface area contributed by atoms with Gasteiger partial charge in [-0.2, -0.15) is 0 Å². The molecule has 0 saturated heterocycles. The quantitative estimate of drug-likeness (QED) is 0.750. The summed E-state index contributed by atoms with van der Waals surface area (Å²) in [6.07, 6.45) is 1.03. The highest BCUT2D eigenvalue weighted by Crippen LogP contribution is 2.30. The Bertz CT molecular complexity index is 654. The molecule has 3 aromatic rings. The van der Waals surface area contributed by atoms with Crippen molar-refractivity contribution < 1.29 is 9.52 Å². The fraction of sp³-hybridized carbons (Fsp3) is 0.154. The number of hydrogen-bond donors (Lipinski definition) is 1. The number of hydrogen-bond acceptors (Lipinski definition) is 4. The molecule has 86 valence electrons. The lowest BCUT2D eigenvalue weighted by molar-refractivity contribution is 0.203. The Morgan fingerprint density at radius 3 is 2.94 bits per heavy atom. The fourth-order valence-electron chi connectivity index (χ4n) is 1.76. The Morgan fingerprint density at radius 1 is 1.29 bits per heavy atom. The van der Waals surface area contributed by atoms with E-state index in [0.29, 0.717) is 0 Å². The molecule has 0 saturated carbocycles. The van der Waals surface area contributed by atoms with Gasteiger partial charge >= 0.3 is 0 Å². The van der Waals surface area contributed by atoms with Crippen molar-refractivity contribution in [2.24, 2.45) is 0 Å². The van der Waals surface area contributed by atoms with E-state index in [9.17, 15) is 5.11 Å². The fourth-order valence-corrected chi connectivity index (χ4v) is 2.62. The summed E-state index contributed by atoms with van der Waals surface area (Å²) in [5.41, 5.74) is 3.83. The van der Waals surface area contributed by atoms with Crippen LogP contribution in [0.25, 0.3) is 22.2 Å². The van der Waals surface area contributed by atoms with Gasteiger partial charge in [0.1, 0.15) is 5.52 Å². The molecule has 4 heteroatoms. The van der Waals surface area contributed by atoms with Gasteiger partial charge in [0.05, 0.1) is 6.10 Å². The molecule has 2 heterocycles. The lowest BCUT2D eigenvalue weighted by Gasteiger charge is -1.98. The summed E-state index contributed by atoms with van der Waals surface area (Å²) in [6.45, 7) is 1.77. The Labute approximate surface area is 102 Å². The third-order valence-corrected chi connectivity index (χ3v) is 3.80. The Morgan fingerprint density at radius 2 is 2.18 bits per heavy atom. The van der Waals surface area contributed by atoms with Crippen LogP contribution < -0.4 is 0 Å². The largest absolute Gasteiger partial charge is 0.443 e. The maximum atomic E-state index is 9.50. The van der Waals surface area contributed by atoms with Crippen LogP contribution in [-0.2, 0) is 0 Å². The average molecular weight is 245 g/mol. The zero-order chi connectivity index (χ0) is 11.8. The summed E-state index contributed by atoms with van der Waals surface area (Å²) in [7, 11) is 0. The number of oxazole rings is 1. The number of aliphatic hydroxyl groups excluding tert-OH is 1. The standard InChI is InChI=1S/C13H11NO2S/c1-8(15)13-5-10(6-17-13)9-2-3-11-12(4-9)16-7-14-11/h2-8,15H,1H3/t8-/m0/s1. The molecular formula is C13H11NO2S. The molecule has 0 fully saturated rings. The predicted molar refractivity (Wildman–Crippen MR) is 68.0 cm³/mol. The molecule has 0 radical (unpaired) electrons. The molecule has 3 rings (SSSR count). The van der Waals surface area contributed by atoms with Crippen molar-refractivity contribution in [1.29, 1.82) is 0 Å². The first-order chi connectivity index (χ1) is 8.24. The van der Waals surface area contributed by atoms with Gasteiger partial charge in [-0.1, -0.05) is 6.07 Å². The normalized spacial score (nSPS) is 13.1. The van der Waals surface area contributed by atoms with E-state index in [1.54, 1.807) is 18.3 Å². The topological polar surface area (TPSA) is 46.3 Å². The first kappa shape index (κ1) is 10.5. The molecule has 0 aliphatic heterocycles. The Hall–Kier alpha value is -1.65. The van der Waals surface area contributed by atoms with E-state index in [-0.39, 0.29) is 0 Å². The molecular weight excluding hydrogens is 234 g/mol. The zero-order valence-electron chi connectivity index (χ0n) is 9.25. The van der Waals surface area contributed by atoms with E-state index < -0.39 is 6.10 Å². The smallest absolute Gasteiger partial charge is 0.181 e. The van der Waals surface area contributed by atoms with E-state index in [4.69, 9.17) is 4.42 Å². The van der Waals surface area contributed by atoms with Crippen LogP contribution in [0.1, 0.15) is 17.9 Å². The van der Waals surface area contributed by atoms with Crippen LogP contribution in [0.4, 0.5) is 0 Å². The van der Waals surface area contributed by atoms with Crippen LogP contribution in [0.15, 0.2) is 40.5 Å². The SMILES string of the molecule is C[C@H](O)c1cc(-c2ccc3ncoc3c2)cs1. The van der Waals surface area contributed by atoms with Gasteiger partial charge in [0, 0.05) is 4.88 Å². The minimum absolute atomic E-state index is 0.414. The summed E-state index contributed by atoms with van der Waals surface area (Å²) in [4.78, 5) is 5.05. The van der Waals surface area contributed by atoms with E-state index >= 15 is 0 Å². The number of thiophene rings is 1. The van der Waals surface area contributed by atoms with Gasteiger partial charge in [-0.05, 0) is 41.6 Å². The third-order valence-electron chi connectivity index (χ3n) is 2.70. The molecule has 17 heavy (non-hydrogen) atoms. The van der Waals surface area contributed by atoms with Gasteiger partial charge in [0.25, 0.3) is 0 Å². The molecule has 1 N–H and O–H groups in total. The number of benzene rings is 1. The summed E-state index contributed by atoms with van der Waals surface area (Å²) in [5.74, 6) is 0. The molecule has 2 aromatic heterocycles. The summed E-state index contributed by atoms with van der Waals surface area (Å²) < 4.78 is 5.28. The second-order valence-electron chi connectivity index (χ2n) is 3.95. The van der Waals surface area contributed by atoms with Crippen molar-refractivity contribution in [2.45, 2.75) is 13.0 Å². The molecule has 0 amide bonds. The van der Waals surface area contributed by atoms with Gasteiger partial charge < -0.3 is 9.52 Å². The van der Waals surface area contributed by atoms with Gasteiger partial charge in [-0.25, -0.2) is 4.98 Å². The van der Waals surface area contributed by atoms with Crippen LogP contribution >= 0.6 is 11.3 Å². The monoisotopic (exact) mass is 245 g/mol. The van der Waals surface area contributed by atoms with Gasteiger partial charge in [-0.3, -0.25) is 0 Å². The first-order valence-corrected chi connectivity index (χ1v) is 6.22. The lowest BCUT2D eigenvalue weighted by atomic mass is 10.1. The number of fused-ring (bicyclic) bond motifs is 1. The molecule has 3 nitrogen and oxygen atoms in total. The molecule has 0 aliphatic carbocycles. The van der Waals surface area contributed by atoms with Crippen LogP contribution in [0, 0.1) is 0 Å². The van der Waals surface area contributed by atoms with E-state index in [1.165, 1.54) is 6.39 Å². The van der Waals surface area contributed by atoms with Crippen molar-refractivity contribution in [3.63, 3.8) is 0 Å². The van der Waals surface area contributed by atoms with Crippen molar-refractivity contribution >= 4 is 22.4 Å². The molecule has 1 atom stereocenters. The van der Waals surface area contributed by atoms with Crippen LogP contribution in [0.5, 0.6) is 0 Å². The number of aliphatic hydroxyl groups is 1. The van der Waals surface area contributed by atoms with E-state index in [0.717, 1.165) is 27.1 Å². The molecule has 0 aliphatic rings. The average Bonchev–Trinajstić information content (AvgIpc) is 2.97. The van der Waals surface area contributed by atoms with Crippen LogP contribution in [0.3, 0.4) is 0 Å². The third kappa shape index (κ3) is 1.85. The number of nitrogens with zero attached hydrogens (tertiary/aromatic N) is 1. The Balaban J connectivity index is 2.06. The van der Waals surface area contributed by atoms with Crippen molar-refractivity contribution in [1.82, 2.24) is 4.98 Å². The number of aromatic nitrogens is 1. The van der Waals surface area contributed by atoms with Crippen molar-refractivity contribution in [3.8, 4) is 11.1 Å². The second kappa shape index (κ2) is 3.98. The molecule has 0 unspecified atom stereocenters.